The highest BCUT2D eigenvalue weighted by atomic mass is 16.2. The molecule has 0 aromatic heterocycles. The summed E-state index contributed by atoms with van der Waals surface area (Å²) in [6.07, 6.45) is 6.02. The summed E-state index contributed by atoms with van der Waals surface area (Å²) in [4.78, 5) is 45.7. The first-order chi connectivity index (χ1) is 19.1. The third-order valence-electron chi connectivity index (χ3n) is 8.86. The maximum absolute atomic E-state index is 14.8. The summed E-state index contributed by atoms with van der Waals surface area (Å²) in [5.74, 6) is -1.36. The molecule has 3 aliphatic heterocycles. The van der Waals surface area contributed by atoms with Gasteiger partial charge < -0.3 is 10.2 Å². The number of hydrogen-bond donors (Lipinski definition) is 1. The second kappa shape index (κ2) is 9.29. The number of Topliss-reactive ketones (excluding diaryl/α,β-unsaturated/α-hetero) is 2. The number of carbonyl (C=O) groups is 3. The number of nitrogens with zero attached hydrogens (tertiary/aromatic N) is 1. The van der Waals surface area contributed by atoms with E-state index in [0.717, 1.165) is 40.8 Å². The zero-order valence-electron chi connectivity index (χ0n) is 23.8. The first-order valence-electron chi connectivity index (χ1n) is 14.2. The molecule has 0 bridgehead atoms. The maximum atomic E-state index is 14.8. The summed E-state index contributed by atoms with van der Waals surface area (Å²) in [7, 11) is 0. The molecule has 1 amide bonds. The maximum Gasteiger partial charge on any atom is 0.238 e. The third kappa shape index (κ3) is 3.71. The van der Waals surface area contributed by atoms with E-state index in [2.05, 4.69) is 23.2 Å². The van der Waals surface area contributed by atoms with Gasteiger partial charge in [0.25, 0.3) is 0 Å². The number of aryl methyl sites for hydroxylation is 2. The van der Waals surface area contributed by atoms with Crippen LogP contribution in [-0.4, -0.2) is 29.6 Å². The average Bonchev–Trinajstić information content (AvgIpc) is 3.40. The van der Waals surface area contributed by atoms with Crippen molar-refractivity contribution in [3.8, 4) is 0 Å². The number of para-hydroxylation sites is 1. The van der Waals surface area contributed by atoms with Crippen molar-refractivity contribution >= 4 is 34.9 Å². The quantitative estimate of drug-likeness (QED) is 0.379. The Hall–Kier alpha value is -3.99. The average molecular weight is 533 g/mol. The van der Waals surface area contributed by atoms with E-state index in [9.17, 15) is 14.4 Å². The Bertz CT molecular complexity index is 1560. The van der Waals surface area contributed by atoms with Gasteiger partial charge in [0, 0.05) is 22.4 Å². The fourth-order valence-electron chi connectivity index (χ4n) is 7.05. The molecule has 0 radical (unpaired) electrons. The van der Waals surface area contributed by atoms with Crippen LogP contribution in [-0.2, 0) is 21.4 Å². The highest BCUT2D eigenvalue weighted by Gasteiger charge is 2.70. The molecular weight excluding hydrogens is 496 g/mol. The number of anilines is 2. The predicted molar refractivity (Wildman–Crippen MR) is 160 cm³/mol. The Labute approximate surface area is 236 Å². The molecule has 5 heteroatoms. The predicted octanol–water partition coefficient (Wildman–Crippen LogP) is 6.54. The van der Waals surface area contributed by atoms with Crippen molar-refractivity contribution in [2.24, 2.45) is 11.3 Å². The molecule has 3 aromatic carbocycles. The number of fused-ring (bicyclic) bond motifs is 6. The summed E-state index contributed by atoms with van der Waals surface area (Å²) < 4.78 is 0. The zero-order valence-corrected chi connectivity index (χ0v) is 23.8. The van der Waals surface area contributed by atoms with E-state index in [1.165, 1.54) is 0 Å². The number of amides is 1. The minimum Gasteiger partial charge on any atom is -0.352 e. The fourth-order valence-corrected chi connectivity index (χ4v) is 7.05. The number of nitrogens with one attached hydrogen (secondary N) is 1. The van der Waals surface area contributed by atoms with E-state index in [-0.39, 0.29) is 17.5 Å². The number of hydrogen-bond acceptors (Lipinski definition) is 4. The second-order valence-corrected chi connectivity index (χ2v) is 12.5. The van der Waals surface area contributed by atoms with Crippen molar-refractivity contribution in [3.05, 3.63) is 101 Å². The Morgan fingerprint density at radius 2 is 1.73 bits per heavy atom. The van der Waals surface area contributed by atoms with Gasteiger partial charge in [0.1, 0.15) is 11.5 Å². The largest absolute Gasteiger partial charge is 0.352 e. The summed E-state index contributed by atoms with van der Waals surface area (Å²) in [6.45, 7) is 9.86. The molecule has 0 unspecified atom stereocenters. The van der Waals surface area contributed by atoms with Crippen LogP contribution in [0.15, 0.2) is 72.8 Å². The number of rotatable bonds is 5. The molecule has 0 aliphatic carbocycles. The van der Waals surface area contributed by atoms with Crippen LogP contribution >= 0.6 is 0 Å². The molecule has 1 fully saturated rings. The van der Waals surface area contributed by atoms with Crippen LogP contribution in [0.3, 0.4) is 0 Å². The van der Waals surface area contributed by atoms with Crippen molar-refractivity contribution in [2.45, 2.75) is 65.0 Å². The van der Waals surface area contributed by atoms with Gasteiger partial charge in [-0.1, -0.05) is 100 Å². The SMILES string of the molecule is CCCc1ccc(C(=O)[C@@H]2[C@@H](C(=O)C(C)(C)C)N3c4ccc(C)cc4C=C[C@@H]3[C@]23C(=O)Nc2ccccc23)cc1. The van der Waals surface area contributed by atoms with Crippen LogP contribution < -0.4 is 10.2 Å². The van der Waals surface area contributed by atoms with Crippen LogP contribution in [0.2, 0.25) is 0 Å². The van der Waals surface area contributed by atoms with Crippen LogP contribution in [0.5, 0.6) is 0 Å². The van der Waals surface area contributed by atoms with E-state index in [1.54, 1.807) is 0 Å². The lowest BCUT2D eigenvalue weighted by atomic mass is 9.63. The molecule has 204 valence electrons. The first-order valence-corrected chi connectivity index (χ1v) is 14.2. The summed E-state index contributed by atoms with van der Waals surface area (Å²) >= 11 is 0. The Balaban J connectivity index is 1.64. The number of benzene rings is 3. The first kappa shape index (κ1) is 26.2. The third-order valence-corrected chi connectivity index (χ3v) is 8.86. The molecular formula is C35H36N2O3. The van der Waals surface area contributed by atoms with Crippen molar-refractivity contribution in [2.75, 3.05) is 10.2 Å². The van der Waals surface area contributed by atoms with Gasteiger partial charge in [-0.25, -0.2) is 0 Å². The molecule has 5 nitrogen and oxygen atoms in total. The van der Waals surface area contributed by atoms with E-state index in [4.69, 9.17) is 0 Å². The van der Waals surface area contributed by atoms with Crippen LogP contribution in [0.4, 0.5) is 11.4 Å². The van der Waals surface area contributed by atoms with Gasteiger partial charge in [-0.2, -0.15) is 0 Å². The van der Waals surface area contributed by atoms with Gasteiger partial charge in [0.15, 0.2) is 11.6 Å². The van der Waals surface area contributed by atoms with E-state index in [0.29, 0.717) is 11.3 Å². The summed E-state index contributed by atoms with van der Waals surface area (Å²) in [6, 6.07) is 20.2. The van der Waals surface area contributed by atoms with Gasteiger partial charge in [-0.05, 0) is 48.2 Å². The summed E-state index contributed by atoms with van der Waals surface area (Å²) in [5, 5.41) is 3.09. The lowest BCUT2D eigenvalue weighted by Crippen LogP contribution is -2.51. The number of ketones is 2. The minimum absolute atomic E-state index is 0.0469. The molecule has 0 saturated carbocycles. The van der Waals surface area contributed by atoms with Crippen molar-refractivity contribution < 1.29 is 14.4 Å². The van der Waals surface area contributed by atoms with Gasteiger partial charge >= 0.3 is 0 Å². The normalized spacial score (nSPS) is 24.5. The molecule has 1 spiro atoms. The van der Waals surface area contributed by atoms with Gasteiger partial charge in [0.05, 0.1) is 12.0 Å². The lowest BCUT2D eigenvalue weighted by Gasteiger charge is -2.38. The van der Waals surface area contributed by atoms with Crippen molar-refractivity contribution in [3.63, 3.8) is 0 Å². The van der Waals surface area contributed by atoms with Crippen molar-refractivity contribution in [1.82, 2.24) is 0 Å². The van der Waals surface area contributed by atoms with Gasteiger partial charge in [-0.15, -0.1) is 0 Å². The monoisotopic (exact) mass is 532 g/mol. The Kier molecular flexibility index (Phi) is 6.10. The smallest absolute Gasteiger partial charge is 0.238 e. The van der Waals surface area contributed by atoms with Gasteiger partial charge in [0.2, 0.25) is 5.91 Å². The Morgan fingerprint density at radius 3 is 2.42 bits per heavy atom. The zero-order chi connectivity index (χ0) is 28.4. The summed E-state index contributed by atoms with van der Waals surface area (Å²) in [5.41, 5.74) is 4.16. The molecule has 4 atom stereocenters. The molecule has 40 heavy (non-hydrogen) atoms. The molecule has 3 aromatic rings. The van der Waals surface area contributed by atoms with E-state index < -0.39 is 28.8 Å². The van der Waals surface area contributed by atoms with Crippen LogP contribution in [0.1, 0.15) is 66.7 Å². The van der Waals surface area contributed by atoms with E-state index >= 15 is 0 Å². The lowest BCUT2D eigenvalue weighted by molar-refractivity contribution is -0.128. The molecule has 6 rings (SSSR count). The number of carbonyl (C=O) groups excluding carboxylic acids is 3. The molecule has 3 heterocycles. The highest BCUT2D eigenvalue weighted by Crippen LogP contribution is 2.58. The van der Waals surface area contributed by atoms with E-state index in [1.807, 2.05) is 101 Å². The second-order valence-electron chi connectivity index (χ2n) is 12.5. The minimum atomic E-state index is -1.26. The molecule has 1 saturated heterocycles. The Morgan fingerprint density at radius 1 is 1.00 bits per heavy atom. The van der Waals surface area contributed by atoms with Gasteiger partial charge in [-0.3, -0.25) is 14.4 Å². The van der Waals surface area contributed by atoms with Crippen LogP contribution in [0.25, 0.3) is 6.08 Å². The molecule has 1 N–H and O–H groups in total. The fraction of sp³-hybridized carbons (Fsp3) is 0.343. The topological polar surface area (TPSA) is 66.5 Å². The standard InChI is InChI=1S/C35H36N2O3/c1-6-9-22-13-15-23(16-14-22)31(38)29-30(32(39)34(3,4)5)37-27-18-12-21(2)20-24(27)17-19-28(37)35(29)25-10-7-8-11-26(25)36-33(35)40/h7-8,10-20,28-30H,6,9H2,1-5H3,(H,36,40)/t28-,29+,30+,35+/m1/s1. The highest BCUT2D eigenvalue weighted by molar-refractivity contribution is 6.17. The molecule has 3 aliphatic rings. The van der Waals surface area contributed by atoms with Crippen LogP contribution in [0, 0.1) is 18.3 Å². The van der Waals surface area contributed by atoms with Crippen molar-refractivity contribution in [1.29, 1.82) is 0 Å².